The molecule has 1 saturated carbocycles. The molecule has 0 saturated heterocycles. The largest absolute Gasteiger partial charge is 0.381 e. The monoisotopic (exact) mass is 273 g/mol. The van der Waals surface area contributed by atoms with Crippen LogP contribution in [0.4, 0.5) is 0 Å². The van der Waals surface area contributed by atoms with Gasteiger partial charge in [-0.3, -0.25) is 0 Å². The normalized spacial score (nSPS) is 17.5. The Balaban J connectivity index is 1.59. The molecule has 1 heterocycles. The molecule has 1 fully saturated rings. The fourth-order valence-corrected chi connectivity index (χ4v) is 3.30. The Labute approximate surface area is 112 Å². The van der Waals surface area contributed by atoms with Crippen LogP contribution < -0.4 is 0 Å². The van der Waals surface area contributed by atoms with Crippen molar-refractivity contribution in [1.29, 1.82) is 0 Å². The second-order valence-electron chi connectivity index (χ2n) is 4.70. The molecule has 96 valence electrons. The van der Waals surface area contributed by atoms with Gasteiger partial charge in [0.2, 0.25) is 0 Å². The Morgan fingerprint density at radius 2 is 2.18 bits per heavy atom. The van der Waals surface area contributed by atoms with Crippen LogP contribution in [0.2, 0.25) is 0 Å². The molecule has 0 radical (unpaired) electrons. The molecule has 0 spiro atoms. The molecule has 0 atom stereocenters. The van der Waals surface area contributed by atoms with E-state index in [9.17, 15) is 0 Å². The summed E-state index contributed by atoms with van der Waals surface area (Å²) in [7, 11) is 0. The molecular weight excluding hydrogens is 254 g/mol. The first kappa shape index (κ1) is 13.3. The summed E-state index contributed by atoms with van der Waals surface area (Å²) in [4.78, 5) is 4.42. The van der Waals surface area contributed by atoms with Gasteiger partial charge in [0.05, 0.1) is 23.2 Å². The van der Waals surface area contributed by atoms with E-state index in [1.807, 2.05) is 5.38 Å². The van der Waals surface area contributed by atoms with Crippen LogP contribution in [-0.4, -0.2) is 18.2 Å². The Kier molecular flexibility index (Phi) is 5.75. The topological polar surface area (TPSA) is 22.1 Å². The molecule has 1 aliphatic rings. The van der Waals surface area contributed by atoms with Crippen molar-refractivity contribution in [1.82, 2.24) is 4.98 Å². The lowest BCUT2D eigenvalue weighted by Gasteiger charge is -2.21. The third kappa shape index (κ3) is 4.57. The molecule has 0 aliphatic heterocycles. The van der Waals surface area contributed by atoms with E-state index in [2.05, 4.69) is 4.98 Å². The maximum atomic E-state index is 5.75. The van der Waals surface area contributed by atoms with Gasteiger partial charge in [-0.15, -0.1) is 22.9 Å². The maximum Gasteiger partial charge on any atom is 0.0951 e. The maximum absolute atomic E-state index is 5.75. The number of thiazole rings is 1. The predicted octanol–water partition coefficient (Wildman–Crippen LogP) is 4.02. The molecule has 2 nitrogen and oxygen atoms in total. The lowest BCUT2D eigenvalue weighted by molar-refractivity contribution is 0.0874. The Hall–Kier alpha value is -0.120. The van der Waals surface area contributed by atoms with Crippen LogP contribution in [0.15, 0.2) is 5.38 Å². The predicted molar refractivity (Wildman–Crippen MR) is 72.8 cm³/mol. The minimum atomic E-state index is 0.513. The number of rotatable bonds is 6. The van der Waals surface area contributed by atoms with Gasteiger partial charge in [0.15, 0.2) is 0 Å². The van der Waals surface area contributed by atoms with E-state index in [1.165, 1.54) is 32.1 Å². The summed E-state index contributed by atoms with van der Waals surface area (Å²) in [6.45, 7) is 1.74. The number of alkyl halides is 1. The molecule has 0 amide bonds. The second-order valence-corrected chi connectivity index (χ2v) is 5.91. The van der Waals surface area contributed by atoms with E-state index < -0.39 is 0 Å². The van der Waals surface area contributed by atoms with Gasteiger partial charge in [-0.25, -0.2) is 4.98 Å². The Morgan fingerprint density at radius 3 is 2.88 bits per heavy atom. The molecule has 0 unspecified atom stereocenters. The zero-order valence-electron chi connectivity index (χ0n) is 10.2. The first-order valence-electron chi connectivity index (χ1n) is 6.45. The van der Waals surface area contributed by atoms with E-state index in [-0.39, 0.29) is 0 Å². The van der Waals surface area contributed by atoms with E-state index in [4.69, 9.17) is 16.3 Å². The summed E-state index contributed by atoms with van der Waals surface area (Å²) in [6, 6.07) is 0. The van der Waals surface area contributed by atoms with Crippen molar-refractivity contribution in [3.05, 3.63) is 16.1 Å². The molecule has 0 bridgehead atoms. The summed E-state index contributed by atoms with van der Waals surface area (Å²) in [5, 5.41) is 3.17. The van der Waals surface area contributed by atoms with E-state index in [1.54, 1.807) is 11.3 Å². The lowest BCUT2D eigenvalue weighted by atomic mass is 9.90. The minimum Gasteiger partial charge on any atom is -0.381 e. The average Bonchev–Trinajstić information content (AvgIpc) is 2.84. The molecule has 0 N–H and O–H groups in total. The summed E-state index contributed by atoms with van der Waals surface area (Å²) >= 11 is 7.40. The molecule has 1 aromatic rings. The molecule has 17 heavy (non-hydrogen) atoms. The van der Waals surface area contributed by atoms with Crippen LogP contribution in [0.5, 0.6) is 0 Å². The van der Waals surface area contributed by atoms with Crippen molar-refractivity contribution >= 4 is 22.9 Å². The third-order valence-corrected chi connectivity index (χ3v) is 4.51. The Bertz CT molecular complexity index is 323. The van der Waals surface area contributed by atoms with E-state index in [0.717, 1.165) is 36.3 Å². The first-order chi connectivity index (χ1) is 8.38. The molecule has 0 aromatic carbocycles. The number of hydrogen-bond acceptors (Lipinski definition) is 3. The van der Waals surface area contributed by atoms with Crippen molar-refractivity contribution in [2.45, 2.75) is 44.4 Å². The zero-order valence-corrected chi connectivity index (χ0v) is 11.7. The highest BCUT2D eigenvalue weighted by Gasteiger charge is 2.13. The summed E-state index contributed by atoms with van der Waals surface area (Å²) < 4.78 is 5.75. The molecule has 2 rings (SSSR count). The molecule has 1 aromatic heterocycles. The number of aromatic nitrogens is 1. The zero-order chi connectivity index (χ0) is 11.9. The van der Waals surface area contributed by atoms with Crippen LogP contribution in [0.25, 0.3) is 0 Å². The fourth-order valence-electron chi connectivity index (χ4n) is 2.29. The standard InChI is InChI=1S/C13H20ClNOS/c14-8-12-10-17-13(15-12)6-7-16-9-11-4-2-1-3-5-11/h10-11H,1-9H2. The highest BCUT2D eigenvalue weighted by Crippen LogP contribution is 2.23. The van der Waals surface area contributed by atoms with Crippen molar-refractivity contribution in [3.63, 3.8) is 0 Å². The quantitative estimate of drug-likeness (QED) is 0.577. The number of hydrogen-bond donors (Lipinski definition) is 0. The number of ether oxygens (including phenoxy) is 1. The van der Waals surface area contributed by atoms with Crippen LogP contribution in [0.1, 0.15) is 42.8 Å². The van der Waals surface area contributed by atoms with Crippen molar-refractivity contribution in [2.24, 2.45) is 5.92 Å². The van der Waals surface area contributed by atoms with Crippen LogP contribution in [0.3, 0.4) is 0 Å². The van der Waals surface area contributed by atoms with E-state index in [0.29, 0.717) is 5.88 Å². The van der Waals surface area contributed by atoms with Crippen molar-refractivity contribution in [2.75, 3.05) is 13.2 Å². The fraction of sp³-hybridized carbons (Fsp3) is 0.769. The van der Waals surface area contributed by atoms with Gasteiger partial charge in [0.1, 0.15) is 0 Å². The van der Waals surface area contributed by atoms with Crippen LogP contribution >= 0.6 is 22.9 Å². The SMILES string of the molecule is ClCc1csc(CCOCC2CCCCC2)n1. The van der Waals surface area contributed by atoms with Gasteiger partial charge < -0.3 is 4.74 Å². The smallest absolute Gasteiger partial charge is 0.0951 e. The minimum absolute atomic E-state index is 0.513. The first-order valence-corrected chi connectivity index (χ1v) is 7.87. The Morgan fingerprint density at radius 1 is 1.35 bits per heavy atom. The highest BCUT2D eigenvalue weighted by atomic mass is 35.5. The van der Waals surface area contributed by atoms with Crippen LogP contribution in [0, 0.1) is 5.92 Å². The van der Waals surface area contributed by atoms with Gasteiger partial charge >= 0.3 is 0 Å². The van der Waals surface area contributed by atoms with Crippen molar-refractivity contribution < 1.29 is 4.74 Å². The average molecular weight is 274 g/mol. The van der Waals surface area contributed by atoms with Gasteiger partial charge in [-0.2, -0.15) is 0 Å². The second kappa shape index (κ2) is 7.34. The van der Waals surface area contributed by atoms with Gasteiger partial charge in [-0.1, -0.05) is 19.3 Å². The third-order valence-electron chi connectivity index (χ3n) is 3.27. The van der Waals surface area contributed by atoms with Crippen molar-refractivity contribution in [3.8, 4) is 0 Å². The highest BCUT2D eigenvalue weighted by molar-refractivity contribution is 7.09. The van der Waals surface area contributed by atoms with Crippen LogP contribution in [-0.2, 0) is 17.0 Å². The van der Waals surface area contributed by atoms with Gasteiger partial charge in [0, 0.05) is 18.4 Å². The van der Waals surface area contributed by atoms with Gasteiger partial charge in [0.25, 0.3) is 0 Å². The molecule has 1 aliphatic carbocycles. The summed E-state index contributed by atoms with van der Waals surface area (Å²) in [6.07, 6.45) is 7.82. The summed E-state index contributed by atoms with van der Waals surface area (Å²) in [5.41, 5.74) is 0.985. The molecular formula is C13H20ClNOS. The van der Waals surface area contributed by atoms with E-state index >= 15 is 0 Å². The molecule has 4 heteroatoms. The lowest BCUT2D eigenvalue weighted by Crippen LogP contribution is -2.14. The number of nitrogens with zero attached hydrogens (tertiary/aromatic N) is 1. The summed E-state index contributed by atoms with van der Waals surface area (Å²) in [5.74, 6) is 1.32. The van der Waals surface area contributed by atoms with Gasteiger partial charge in [-0.05, 0) is 18.8 Å². The number of halogens is 1.